The lowest BCUT2D eigenvalue weighted by Crippen LogP contribution is -2.43. The maximum Gasteiger partial charge on any atom is 0.137 e. The van der Waals surface area contributed by atoms with Gasteiger partial charge in [0.1, 0.15) is 5.78 Å². The number of hydrogen-bond acceptors (Lipinski definition) is 1. The first-order valence-electron chi connectivity index (χ1n) is 8.98. The molecule has 114 valence electrons. The average molecular weight is 284 g/mol. The summed E-state index contributed by atoms with van der Waals surface area (Å²) in [5.74, 6) is 3.86. The van der Waals surface area contributed by atoms with Crippen LogP contribution in [0.5, 0.6) is 0 Å². The molecule has 0 bridgehead atoms. The first-order chi connectivity index (χ1) is 10.1. The Morgan fingerprint density at radius 2 is 2.00 bits per heavy atom. The molecule has 0 aliphatic heterocycles. The second-order valence-electron chi connectivity index (χ2n) is 8.22. The van der Waals surface area contributed by atoms with Gasteiger partial charge in [-0.05, 0) is 74.0 Å². The van der Waals surface area contributed by atoms with Crippen molar-refractivity contribution in [1.29, 1.82) is 0 Å². The van der Waals surface area contributed by atoms with E-state index in [1.54, 1.807) is 11.1 Å². The Bertz CT molecular complexity index is 514. The van der Waals surface area contributed by atoms with E-state index in [9.17, 15) is 4.79 Å². The molecule has 0 saturated heterocycles. The fraction of sp³-hybridized carbons (Fsp3) is 0.750. The van der Waals surface area contributed by atoms with E-state index in [0.717, 1.165) is 42.9 Å². The van der Waals surface area contributed by atoms with Gasteiger partial charge in [0.15, 0.2) is 0 Å². The zero-order valence-corrected chi connectivity index (χ0v) is 13.4. The molecule has 0 aromatic rings. The lowest BCUT2D eigenvalue weighted by molar-refractivity contribution is -0.119. The third-order valence-electron chi connectivity index (χ3n) is 7.56. The van der Waals surface area contributed by atoms with Crippen LogP contribution in [0.2, 0.25) is 0 Å². The Morgan fingerprint density at radius 1 is 1.14 bits per heavy atom. The highest BCUT2D eigenvalue weighted by Gasteiger charge is 2.54. The van der Waals surface area contributed by atoms with Gasteiger partial charge in [-0.2, -0.15) is 0 Å². The van der Waals surface area contributed by atoms with E-state index in [2.05, 4.69) is 19.6 Å². The van der Waals surface area contributed by atoms with Crippen LogP contribution in [0.1, 0.15) is 64.7 Å². The molecular weight excluding hydrogens is 256 g/mol. The summed E-state index contributed by atoms with van der Waals surface area (Å²) in [5.41, 5.74) is 3.80. The average Bonchev–Trinajstić information content (AvgIpc) is 2.83. The molecule has 3 unspecified atom stereocenters. The molecule has 2 fully saturated rings. The molecular formula is C20H28O. The highest BCUT2D eigenvalue weighted by Crippen LogP contribution is 2.63. The summed E-state index contributed by atoms with van der Waals surface area (Å²) in [6.07, 6.45) is 13.0. The Balaban J connectivity index is 1.64. The van der Waals surface area contributed by atoms with Crippen molar-refractivity contribution < 1.29 is 4.79 Å². The molecule has 0 spiro atoms. The third kappa shape index (κ3) is 1.92. The summed E-state index contributed by atoms with van der Waals surface area (Å²) < 4.78 is 0. The van der Waals surface area contributed by atoms with Crippen molar-refractivity contribution in [3.63, 3.8) is 0 Å². The zero-order chi connectivity index (χ0) is 14.6. The van der Waals surface area contributed by atoms with Crippen LogP contribution >= 0.6 is 0 Å². The molecule has 0 amide bonds. The number of rotatable bonds is 1. The van der Waals surface area contributed by atoms with Crippen molar-refractivity contribution in [3.05, 3.63) is 23.8 Å². The van der Waals surface area contributed by atoms with Gasteiger partial charge in [-0.3, -0.25) is 4.79 Å². The summed E-state index contributed by atoms with van der Waals surface area (Å²) in [6.45, 7) is 6.65. The fourth-order valence-electron chi connectivity index (χ4n) is 6.48. The van der Waals surface area contributed by atoms with Gasteiger partial charge in [0, 0.05) is 12.8 Å². The van der Waals surface area contributed by atoms with Gasteiger partial charge in [-0.1, -0.05) is 24.1 Å². The quantitative estimate of drug-likeness (QED) is 0.614. The van der Waals surface area contributed by atoms with Gasteiger partial charge < -0.3 is 0 Å². The summed E-state index contributed by atoms with van der Waals surface area (Å²) in [4.78, 5) is 11.7. The van der Waals surface area contributed by atoms with E-state index in [1.807, 2.05) is 0 Å². The van der Waals surface area contributed by atoms with Crippen molar-refractivity contribution in [2.24, 2.45) is 29.1 Å². The maximum absolute atomic E-state index is 11.7. The normalized spacial score (nSPS) is 45.9. The van der Waals surface area contributed by atoms with E-state index < -0.39 is 0 Å². The largest absolute Gasteiger partial charge is 0.299 e. The SMILES string of the molecule is C=C[C@H]1CCC2C3CCC4=C(CCC(=O)C4)C3CC[C@@]21C. The standard InChI is InChI=1S/C20H28O/c1-3-14-5-9-19-18-7-4-13-12-15(21)6-8-16(13)17(18)10-11-20(14,19)2/h3,14,17-19H,1,4-12H2,2H3/t14-,17?,18?,19?,20+/m0/s1. The van der Waals surface area contributed by atoms with E-state index in [-0.39, 0.29) is 0 Å². The van der Waals surface area contributed by atoms with Crippen LogP contribution in [0.15, 0.2) is 23.8 Å². The molecule has 1 heteroatoms. The Labute approximate surface area is 128 Å². The smallest absolute Gasteiger partial charge is 0.137 e. The zero-order valence-electron chi connectivity index (χ0n) is 13.4. The summed E-state index contributed by atoms with van der Waals surface area (Å²) in [7, 11) is 0. The van der Waals surface area contributed by atoms with E-state index >= 15 is 0 Å². The molecule has 5 atom stereocenters. The van der Waals surface area contributed by atoms with E-state index in [0.29, 0.717) is 11.2 Å². The number of hydrogen-bond donors (Lipinski definition) is 0. The minimum Gasteiger partial charge on any atom is -0.299 e. The lowest BCUT2D eigenvalue weighted by Gasteiger charge is -2.52. The highest BCUT2D eigenvalue weighted by molar-refractivity contribution is 5.82. The van der Waals surface area contributed by atoms with Crippen molar-refractivity contribution >= 4 is 5.78 Å². The summed E-state index contributed by atoms with van der Waals surface area (Å²) >= 11 is 0. The lowest BCUT2D eigenvalue weighted by atomic mass is 9.53. The molecule has 4 rings (SSSR count). The Kier molecular flexibility index (Phi) is 3.17. The molecule has 4 aliphatic rings. The highest BCUT2D eigenvalue weighted by atomic mass is 16.1. The second-order valence-corrected chi connectivity index (χ2v) is 8.22. The van der Waals surface area contributed by atoms with Gasteiger partial charge in [0.05, 0.1) is 0 Å². The van der Waals surface area contributed by atoms with Crippen LogP contribution in [0, 0.1) is 29.1 Å². The summed E-state index contributed by atoms with van der Waals surface area (Å²) in [5, 5.41) is 0. The molecule has 0 heterocycles. The van der Waals surface area contributed by atoms with Crippen LogP contribution < -0.4 is 0 Å². The van der Waals surface area contributed by atoms with Crippen LogP contribution in [0.3, 0.4) is 0 Å². The van der Waals surface area contributed by atoms with Gasteiger partial charge in [0.25, 0.3) is 0 Å². The van der Waals surface area contributed by atoms with Crippen molar-refractivity contribution in [2.45, 2.75) is 64.7 Å². The molecule has 2 saturated carbocycles. The maximum atomic E-state index is 11.7. The van der Waals surface area contributed by atoms with Gasteiger partial charge in [-0.25, -0.2) is 0 Å². The van der Waals surface area contributed by atoms with Crippen LogP contribution in [-0.2, 0) is 4.79 Å². The number of fused-ring (bicyclic) bond motifs is 4. The van der Waals surface area contributed by atoms with Crippen molar-refractivity contribution in [3.8, 4) is 0 Å². The monoisotopic (exact) mass is 284 g/mol. The van der Waals surface area contributed by atoms with Gasteiger partial charge in [-0.15, -0.1) is 6.58 Å². The minimum atomic E-state index is 0.487. The van der Waals surface area contributed by atoms with Crippen molar-refractivity contribution in [2.75, 3.05) is 0 Å². The first-order valence-corrected chi connectivity index (χ1v) is 8.98. The van der Waals surface area contributed by atoms with Crippen LogP contribution in [-0.4, -0.2) is 5.78 Å². The molecule has 0 radical (unpaired) electrons. The molecule has 21 heavy (non-hydrogen) atoms. The number of ketones is 1. The van der Waals surface area contributed by atoms with Crippen LogP contribution in [0.25, 0.3) is 0 Å². The number of carbonyl (C=O) groups excluding carboxylic acids is 1. The molecule has 0 aromatic carbocycles. The fourth-order valence-corrected chi connectivity index (χ4v) is 6.48. The van der Waals surface area contributed by atoms with Crippen LogP contribution in [0.4, 0.5) is 0 Å². The van der Waals surface area contributed by atoms with Gasteiger partial charge in [0.2, 0.25) is 0 Å². The molecule has 1 nitrogen and oxygen atoms in total. The Morgan fingerprint density at radius 3 is 2.81 bits per heavy atom. The Hall–Kier alpha value is -0.850. The summed E-state index contributed by atoms with van der Waals surface area (Å²) in [6, 6.07) is 0. The molecule has 4 aliphatic carbocycles. The third-order valence-corrected chi connectivity index (χ3v) is 7.56. The minimum absolute atomic E-state index is 0.487. The molecule has 0 aromatic heterocycles. The predicted octanol–water partition coefficient (Wildman–Crippen LogP) is 5.07. The first kappa shape index (κ1) is 13.8. The second kappa shape index (κ2) is 4.83. The number of allylic oxidation sites excluding steroid dienone is 3. The van der Waals surface area contributed by atoms with Crippen molar-refractivity contribution in [1.82, 2.24) is 0 Å². The number of Topliss-reactive ketones (excluding diaryl/α,β-unsaturated/α-hetero) is 1. The van der Waals surface area contributed by atoms with E-state index in [1.165, 1.54) is 38.5 Å². The van der Waals surface area contributed by atoms with E-state index in [4.69, 9.17) is 0 Å². The predicted molar refractivity (Wildman–Crippen MR) is 85.9 cm³/mol. The number of carbonyl (C=O) groups is 1. The topological polar surface area (TPSA) is 17.1 Å². The molecule has 0 N–H and O–H groups in total. The van der Waals surface area contributed by atoms with Gasteiger partial charge >= 0.3 is 0 Å².